The Labute approximate surface area is 61.6 Å². The maximum atomic E-state index is 5.39. The maximum absolute atomic E-state index is 5.39. The molecule has 0 saturated heterocycles. The maximum Gasteiger partial charge on any atom is 0.187 e. The summed E-state index contributed by atoms with van der Waals surface area (Å²) in [7, 11) is 0. The van der Waals surface area contributed by atoms with E-state index >= 15 is 0 Å². The first-order valence-corrected chi connectivity index (χ1v) is 3.56. The molecule has 0 aromatic rings. The largest absolute Gasteiger partial charge is 0.476 e. The number of allylic oxidation sites excluding steroid dienone is 2. The Kier molecular flexibility index (Phi) is 2.37. The molecule has 0 unspecified atom stereocenters. The summed E-state index contributed by atoms with van der Waals surface area (Å²) >= 11 is 0. The number of rotatable bonds is 2. The molecule has 1 aliphatic rings. The average Bonchev–Trinajstić information content (AvgIpc) is 1.88. The monoisotopic (exact) mass is 139 g/mol. The van der Waals surface area contributed by atoms with Crippen molar-refractivity contribution < 1.29 is 4.74 Å². The number of hydrogen-bond donors (Lipinski definition) is 1. The number of nitrogens with one attached hydrogen (secondary N) is 1. The van der Waals surface area contributed by atoms with Crippen molar-refractivity contribution in [2.75, 3.05) is 6.54 Å². The Morgan fingerprint density at radius 2 is 2.40 bits per heavy atom. The van der Waals surface area contributed by atoms with E-state index in [1.165, 1.54) is 0 Å². The first-order chi connectivity index (χ1) is 4.79. The van der Waals surface area contributed by atoms with Gasteiger partial charge in [-0.3, -0.25) is 0 Å². The smallest absolute Gasteiger partial charge is 0.187 e. The lowest BCUT2D eigenvalue weighted by Crippen LogP contribution is -2.20. The summed E-state index contributed by atoms with van der Waals surface area (Å²) in [5, 5.41) is 3.10. The van der Waals surface area contributed by atoms with Crippen molar-refractivity contribution in [3.63, 3.8) is 0 Å². The van der Waals surface area contributed by atoms with E-state index in [2.05, 4.69) is 5.32 Å². The number of ether oxygens (including phenoxy) is 1. The second kappa shape index (κ2) is 3.30. The first kappa shape index (κ1) is 7.19. The SMILES string of the molecule is CC(C)OC1=CC=CCN1. The van der Waals surface area contributed by atoms with Crippen molar-refractivity contribution >= 4 is 0 Å². The molecule has 2 heteroatoms. The Balaban J connectivity index is 2.39. The normalized spacial score (nSPS) is 16.5. The van der Waals surface area contributed by atoms with Crippen LogP contribution in [0.4, 0.5) is 0 Å². The molecule has 1 aliphatic heterocycles. The average molecular weight is 139 g/mol. The molecule has 0 spiro atoms. The third-order valence-electron chi connectivity index (χ3n) is 1.14. The second-order valence-corrected chi connectivity index (χ2v) is 2.51. The third kappa shape index (κ3) is 2.13. The van der Waals surface area contributed by atoms with Crippen molar-refractivity contribution in [3.8, 4) is 0 Å². The molecule has 1 rings (SSSR count). The lowest BCUT2D eigenvalue weighted by atomic mass is 10.4. The quantitative estimate of drug-likeness (QED) is 0.624. The number of dihydropyridines is 1. The summed E-state index contributed by atoms with van der Waals surface area (Å²) < 4.78 is 5.39. The molecule has 0 aromatic carbocycles. The Morgan fingerprint density at radius 1 is 1.60 bits per heavy atom. The summed E-state index contributed by atoms with van der Waals surface area (Å²) in [6.45, 7) is 4.90. The minimum Gasteiger partial charge on any atom is -0.476 e. The molecular formula is C8H13NO. The van der Waals surface area contributed by atoms with E-state index in [4.69, 9.17) is 4.74 Å². The van der Waals surface area contributed by atoms with E-state index in [1.54, 1.807) is 0 Å². The van der Waals surface area contributed by atoms with Crippen LogP contribution in [0.3, 0.4) is 0 Å². The summed E-state index contributed by atoms with van der Waals surface area (Å²) in [4.78, 5) is 0. The minimum atomic E-state index is 0.255. The molecule has 56 valence electrons. The zero-order valence-corrected chi connectivity index (χ0v) is 6.42. The molecule has 0 fully saturated rings. The van der Waals surface area contributed by atoms with E-state index < -0.39 is 0 Å². The topological polar surface area (TPSA) is 21.3 Å². The van der Waals surface area contributed by atoms with Crippen LogP contribution in [0.25, 0.3) is 0 Å². The van der Waals surface area contributed by atoms with Crippen LogP contribution in [-0.4, -0.2) is 12.6 Å². The van der Waals surface area contributed by atoms with Crippen molar-refractivity contribution in [3.05, 3.63) is 24.1 Å². The molecule has 0 bridgehead atoms. The van der Waals surface area contributed by atoms with Gasteiger partial charge in [0.25, 0.3) is 0 Å². The van der Waals surface area contributed by atoms with Crippen LogP contribution in [0.1, 0.15) is 13.8 Å². The van der Waals surface area contributed by atoms with Crippen molar-refractivity contribution in [1.29, 1.82) is 0 Å². The molecule has 0 atom stereocenters. The van der Waals surface area contributed by atoms with Gasteiger partial charge in [0.05, 0.1) is 6.10 Å². The molecular weight excluding hydrogens is 126 g/mol. The van der Waals surface area contributed by atoms with Crippen LogP contribution in [0.5, 0.6) is 0 Å². The molecule has 2 nitrogen and oxygen atoms in total. The van der Waals surface area contributed by atoms with Gasteiger partial charge in [0.1, 0.15) is 0 Å². The molecule has 0 amide bonds. The van der Waals surface area contributed by atoms with Gasteiger partial charge in [-0.05, 0) is 19.9 Å². The Morgan fingerprint density at radius 3 is 2.90 bits per heavy atom. The molecule has 0 radical (unpaired) electrons. The van der Waals surface area contributed by atoms with Crippen molar-refractivity contribution in [1.82, 2.24) is 5.32 Å². The lowest BCUT2D eigenvalue weighted by molar-refractivity contribution is 0.131. The van der Waals surface area contributed by atoms with Crippen LogP contribution in [-0.2, 0) is 4.74 Å². The highest BCUT2D eigenvalue weighted by Crippen LogP contribution is 2.01. The summed E-state index contributed by atoms with van der Waals surface area (Å²) in [6, 6.07) is 0. The molecule has 0 aliphatic carbocycles. The molecule has 10 heavy (non-hydrogen) atoms. The van der Waals surface area contributed by atoms with Crippen LogP contribution < -0.4 is 5.32 Å². The van der Waals surface area contributed by atoms with E-state index in [1.807, 2.05) is 32.1 Å². The third-order valence-corrected chi connectivity index (χ3v) is 1.14. The van der Waals surface area contributed by atoms with Crippen molar-refractivity contribution in [2.45, 2.75) is 20.0 Å². The van der Waals surface area contributed by atoms with Gasteiger partial charge in [-0.2, -0.15) is 0 Å². The van der Waals surface area contributed by atoms with Gasteiger partial charge in [-0.15, -0.1) is 0 Å². The predicted molar refractivity (Wildman–Crippen MR) is 41.4 cm³/mol. The fourth-order valence-electron chi connectivity index (χ4n) is 0.777. The second-order valence-electron chi connectivity index (χ2n) is 2.51. The lowest BCUT2D eigenvalue weighted by Gasteiger charge is -2.15. The summed E-state index contributed by atoms with van der Waals surface area (Å²) in [6.07, 6.45) is 6.23. The fourth-order valence-corrected chi connectivity index (χ4v) is 0.777. The molecule has 0 aromatic heterocycles. The van der Waals surface area contributed by atoms with Crippen molar-refractivity contribution in [2.24, 2.45) is 0 Å². The van der Waals surface area contributed by atoms with Crippen LogP contribution in [0, 0.1) is 0 Å². The van der Waals surface area contributed by atoms with Crippen LogP contribution in [0.2, 0.25) is 0 Å². The minimum absolute atomic E-state index is 0.255. The van der Waals surface area contributed by atoms with Gasteiger partial charge in [0.15, 0.2) is 5.88 Å². The van der Waals surface area contributed by atoms with Gasteiger partial charge in [0, 0.05) is 6.54 Å². The Bertz CT molecular complexity index is 159. The van der Waals surface area contributed by atoms with E-state index in [9.17, 15) is 0 Å². The summed E-state index contributed by atoms with van der Waals surface area (Å²) in [5.74, 6) is 0.873. The summed E-state index contributed by atoms with van der Waals surface area (Å²) in [5.41, 5.74) is 0. The first-order valence-electron chi connectivity index (χ1n) is 3.56. The highest BCUT2D eigenvalue weighted by molar-refractivity contribution is 5.12. The standard InChI is InChI=1S/C8H13NO/c1-7(2)10-8-5-3-4-6-9-8/h3-5,7,9H,6H2,1-2H3. The predicted octanol–water partition coefficient (Wildman–Crippen LogP) is 1.41. The van der Waals surface area contributed by atoms with Gasteiger partial charge in [-0.1, -0.05) is 12.2 Å². The van der Waals surface area contributed by atoms with Gasteiger partial charge in [-0.25, -0.2) is 0 Å². The zero-order valence-electron chi connectivity index (χ0n) is 6.42. The highest BCUT2D eigenvalue weighted by Gasteiger charge is 1.99. The molecule has 1 heterocycles. The van der Waals surface area contributed by atoms with Crippen LogP contribution in [0.15, 0.2) is 24.1 Å². The van der Waals surface area contributed by atoms with Crippen LogP contribution >= 0.6 is 0 Å². The van der Waals surface area contributed by atoms with E-state index in [0.717, 1.165) is 12.4 Å². The van der Waals surface area contributed by atoms with Gasteiger partial charge >= 0.3 is 0 Å². The fraction of sp³-hybridized carbons (Fsp3) is 0.500. The van der Waals surface area contributed by atoms with E-state index in [-0.39, 0.29) is 6.10 Å². The van der Waals surface area contributed by atoms with E-state index in [0.29, 0.717) is 0 Å². The molecule has 0 saturated carbocycles. The zero-order chi connectivity index (χ0) is 7.40. The molecule has 1 N–H and O–H groups in total. The number of hydrogen-bond acceptors (Lipinski definition) is 2. The Hall–Kier alpha value is -0.920. The van der Waals surface area contributed by atoms with Gasteiger partial charge < -0.3 is 10.1 Å². The van der Waals surface area contributed by atoms with Gasteiger partial charge in [0.2, 0.25) is 0 Å². The highest BCUT2D eigenvalue weighted by atomic mass is 16.5.